The molecular weight excluding hydrogens is 240 g/mol. The maximum absolute atomic E-state index is 11.9. The molecule has 0 saturated carbocycles. The predicted molar refractivity (Wildman–Crippen MR) is 75.3 cm³/mol. The molecule has 0 radical (unpaired) electrons. The smallest absolute Gasteiger partial charge is 0.306 e. The molecule has 1 aromatic carbocycles. The van der Waals surface area contributed by atoms with Crippen molar-refractivity contribution in [3.63, 3.8) is 0 Å². The lowest BCUT2D eigenvalue weighted by atomic mass is 10.0. The van der Waals surface area contributed by atoms with Gasteiger partial charge in [0.15, 0.2) is 5.78 Å². The van der Waals surface area contributed by atoms with Crippen molar-refractivity contribution in [3.8, 4) is 0 Å². The van der Waals surface area contributed by atoms with Gasteiger partial charge in [-0.3, -0.25) is 9.59 Å². The van der Waals surface area contributed by atoms with Crippen molar-refractivity contribution in [2.75, 3.05) is 6.61 Å². The number of benzene rings is 1. The van der Waals surface area contributed by atoms with E-state index in [-0.39, 0.29) is 24.6 Å². The van der Waals surface area contributed by atoms with Gasteiger partial charge in [0, 0.05) is 12.0 Å². The van der Waals surface area contributed by atoms with E-state index in [4.69, 9.17) is 4.74 Å². The second kappa shape index (κ2) is 8.46. The highest BCUT2D eigenvalue weighted by Gasteiger charge is 2.09. The fraction of sp³-hybridized carbons (Fsp3) is 0.500. The summed E-state index contributed by atoms with van der Waals surface area (Å²) >= 11 is 0. The quantitative estimate of drug-likeness (QED) is 0.531. The van der Waals surface area contributed by atoms with Crippen molar-refractivity contribution in [1.82, 2.24) is 0 Å². The number of hydrogen-bond donors (Lipinski definition) is 0. The van der Waals surface area contributed by atoms with E-state index >= 15 is 0 Å². The molecule has 0 aliphatic carbocycles. The standard InChI is InChI=1S/C16H22O3/c1-3-5-6-13-7-9-14(10-8-13)15(17)11-12-16(18)19-4-2/h7-10H,3-6,11-12H2,1-2H3. The summed E-state index contributed by atoms with van der Waals surface area (Å²) in [5.41, 5.74) is 1.92. The number of unbranched alkanes of at least 4 members (excludes halogenated alkanes) is 1. The Kier molecular flexibility index (Phi) is 6.86. The van der Waals surface area contributed by atoms with E-state index in [9.17, 15) is 9.59 Å². The van der Waals surface area contributed by atoms with Crippen molar-refractivity contribution in [1.29, 1.82) is 0 Å². The van der Waals surface area contributed by atoms with Crippen LogP contribution in [0.25, 0.3) is 0 Å². The molecule has 3 nitrogen and oxygen atoms in total. The summed E-state index contributed by atoms with van der Waals surface area (Å²) in [6.45, 7) is 4.28. The molecule has 0 amide bonds. The van der Waals surface area contributed by atoms with Crippen LogP contribution in [0.3, 0.4) is 0 Å². The summed E-state index contributed by atoms with van der Waals surface area (Å²) < 4.78 is 4.80. The van der Waals surface area contributed by atoms with Gasteiger partial charge in [-0.1, -0.05) is 37.6 Å². The normalized spacial score (nSPS) is 10.2. The third kappa shape index (κ3) is 5.69. The minimum atomic E-state index is -0.310. The van der Waals surface area contributed by atoms with Gasteiger partial charge in [-0.2, -0.15) is 0 Å². The Morgan fingerprint density at radius 1 is 1.05 bits per heavy atom. The largest absolute Gasteiger partial charge is 0.466 e. The van der Waals surface area contributed by atoms with E-state index in [0.29, 0.717) is 12.2 Å². The molecule has 0 heterocycles. The first-order valence-corrected chi connectivity index (χ1v) is 6.95. The Morgan fingerprint density at radius 3 is 2.32 bits per heavy atom. The molecule has 0 aromatic heterocycles. The molecule has 1 aromatic rings. The first kappa shape index (κ1) is 15.4. The summed E-state index contributed by atoms with van der Waals surface area (Å²) in [5, 5.41) is 0. The molecule has 19 heavy (non-hydrogen) atoms. The lowest BCUT2D eigenvalue weighted by Crippen LogP contribution is -2.08. The molecule has 104 valence electrons. The number of ether oxygens (including phenoxy) is 1. The Bertz CT molecular complexity index is 407. The van der Waals surface area contributed by atoms with Crippen LogP contribution >= 0.6 is 0 Å². The van der Waals surface area contributed by atoms with Crippen LogP contribution in [0.15, 0.2) is 24.3 Å². The number of Topliss-reactive ketones (excluding diaryl/α,β-unsaturated/α-hetero) is 1. The molecule has 0 aliphatic rings. The zero-order chi connectivity index (χ0) is 14.1. The van der Waals surface area contributed by atoms with Crippen molar-refractivity contribution >= 4 is 11.8 Å². The van der Waals surface area contributed by atoms with Gasteiger partial charge in [-0.15, -0.1) is 0 Å². The molecule has 0 spiro atoms. The summed E-state index contributed by atoms with van der Waals surface area (Å²) in [6, 6.07) is 7.68. The van der Waals surface area contributed by atoms with Crippen LogP contribution in [0, 0.1) is 0 Å². The minimum absolute atomic E-state index is 0.00454. The maximum Gasteiger partial charge on any atom is 0.306 e. The van der Waals surface area contributed by atoms with Gasteiger partial charge < -0.3 is 4.74 Å². The summed E-state index contributed by atoms with van der Waals surface area (Å²) in [6.07, 6.45) is 3.75. The molecule has 0 aliphatic heterocycles. The van der Waals surface area contributed by atoms with Crippen LogP contribution < -0.4 is 0 Å². The molecule has 0 N–H and O–H groups in total. The topological polar surface area (TPSA) is 43.4 Å². The van der Waals surface area contributed by atoms with Crippen LogP contribution in [0.4, 0.5) is 0 Å². The molecule has 0 atom stereocenters. The third-order valence-corrected chi connectivity index (χ3v) is 2.96. The molecule has 0 bridgehead atoms. The Hall–Kier alpha value is -1.64. The van der Waals surface area contributed by atoms with E-state index in [1.54, 1.807) is 6.92 Å². The summed E-state index contributed by atoms with van der Waals surface area (Å²) in [4.78, 5) is 23.0. The van der Waals surface area contributed by atoms with Crippen LogP contribution in [-0.4, -0.2) is 18.4 Å². The summed E-state index contributed by atoms with van der Waals surface area (Å²) in [5.74, 6) is -0.314. The van der Waals surface area contributed by atoms with Crippen LogP contribution in [0.1, 0.15) is 55.5 Å². The zero-order valence-corrected chi connectivity index (χ0v) is 11.8. The fourth-order valence-electron chi connectivity index (χ4n) is 1.83. The first-order chi connectivity index (χ1) is 9.17. The second-order valence-corrected chi connectivity index (χ2v) is 4.53. The van der Waals surface area contributed by atoms with E-state index in [1.807, 2.05) is 24.3 Å². The van der Waals surface area contributed by atoms with Crippen LogP contribution in [0.5, 0.6) is 0 Å². The number of ketones is 1. The lowest BCUT2D eigenvalue weighted by Gasteiger charge is -2.04. The van der Waals surface area contributed by atoms with Crippen LogP contribution in [0.2, 0.25) is 0 Å². The number of aryl methyl sites for hydroxylation is 1. The SMILES string of the molecule is CCCCc1ccc(C(=O)CCC(=O)OCC)cc1. The lowest BCUT2D eigenvalue weighted by molar-refractivity contribution is -0.143. The van der Waals surface area contributed by atoms with Crippen LogP contribution in [-0.2, 0) is 16.0 Å². The highest BCUT2D eigenvalue weighted by molar-refractivity contribution is 5.97. The van der Waals surface area contributed by atoms with Gasteiger partial charge in [0.25, 0.3) is 0 Å². The van der Waals surface area contributed by atoms with Crippen molar-refractivity contribution in [2.24, 2.45) is 0 Å². The van der Waals surface area contributed by atoms with Crippen molar-refractivity contribution in [3.05, 3.63) is 35.4 Å². The molecular formula is C16H22O3. The van der Waals surface area contributed by atoms with E-state index in [1.165, 1.54) is 12.0 Å². The number of rotatable bonds is 8. The fourth-order valence-corrected chi connectivity index (χ4v) is 1.83. The van der Waals surface area contributed by atoms with Crippen molar-refractivity contribution < 1.29 is 14.3 Å². The Balaban J connectivity index is 2.46. The molecule has 3 heteroatoms. The second-order valence-electron chi connectivity index (χ2n) is 4.53. The van der Waals surface area contributed by atoms with Gasteiger partial charge in [-0.25, -0.2) is 0 Å². The summed E-state index contributed by atoms with van der Waals surface area (Å²) in [7, 11) is 0. The maximum atomic E-state index is 11.9. The Morgan fingerprint density at radius 2 is 1.74 bits per heavy atom. The van der Waals surface area contributed by atoms with E-state index in [2.05, 4.69) is 6.92 Å². The van der Waals surface area contributed by atoms with Crippen molar-refractivity contribution in [2.45, 2.75) is 46.0 Å². The molecule has 1 rings (SSSR count). The predicted octanol–water partition coefficient (Wildman–Crippen LogP) is 3.56. The molecule has 0 saturated heterocycles. The third-order valence-electron chi connectivity index (χ3n) is 2.96. The molecule has 0 fully saturated rings. The highest BCUT2D eigenvalue weighted by Crippen LogP contribution is 2.10. The van der Waals surface area contributed by atoms with Gasteiger partial charge in [0.2, 0.25) is 0 Å². The van der Waals surface area contributed by atoms with E-state index < -0.39 is 0 Å². The first-order valence-electron chi connectivity index (χ1n) is 6.95. The van der Waals surface area contributed by atoms with Gasteiger partial charge in [0.05, 0.1) is 13.0 Å². The average molecular weight is 262 g/mol. The van der Waals surface area contributed by atoms with E-state index in [0.717, 1.165) is 12.8 Å². The molecule has 0 unspecified atom stereocenters. The highest BCUT2D eigenvalue weighted by atomic mass is 16.5. The van der Waals surface area contributed by atoms with Gasteiger partial charge in [0.1, 0.15) is 0 Å². The number of carbonyl (C=O) groups is 2. The Labute approximate surface area is 115 Å². The monoisotopic (exact) mass is 262 g/mol. The van der Waals surface area contributed by atoms with Gasteiger partial charge >= 0.3 is 5.97 Å². The number of hydrogen-bond acceptors (Lipinski definition) is 3. The van der Waals surface area contributed by atoms with Gasteiger partial charge in [-0.05, 0) is 25.3 Å². The number of esters is 1. The number of carbonyl (C=O) groups excluding carboxylic acids is 2. The minimum Gasteiger partial charge on any atom is -0.466 e. The zero-order valence-electron chi connectivity index (χ0n) is 11.8. The average Bonchev–Trinajstić information content (AvgIpc) is 2.43.